The zero-order valence-electron chi connectivity index (χ0n) is 15.4. The van der Waals surface area contributed by atoms with Crippen molar-refractivity contribution in [3.8, 4) is 0 Å². The Balaban J connectivity index is 1.64. The van der Waals surface area contributed by atoms with E-state index >= 15 is 0 Å². The smallest absolute Gasteiger partial charge is 0.305 e. The van der Waals surface area contributed by atoms with Crippen LogP contribution in [0.25, 0.3) is 0 Å². The lowest BCUT2D eigenvalue weighted by Crippen LogP contribution is -2.54. The monoisotopic (exact) mass is 382 g/mol. The van der Waals surface area contributed by atoms with Crippen LogP contribution in [0.2, 0.25) is 0 Å². The van der Waals surface area contributed by atoms with Gasteiger partial charge < -0.3 is 19.3 Å². The summed E-state index contributed by atoms with van der Waals surface area (Å²) in [5.74, 6) is -1.23. The number of furan rings is 1. The molecule has 0 radical (unpaired) electrons. The lowest BCUT2D eigenvalue weighted by Gasteiger charge is -2.38. The van der Waals surface area contributed by atoms with Crippen LogP contribution in [0.3, 0.4) is 0 Å². The molecule has 7 heteroatoms. The van der Waals surface area contributed by atoms with E-state index in [2.05, 4.69) is 0 Å². The summed E-state index contributed by atoms with van der Waals surface area (Å²) in [5, 5.41) is 9.16. The number of nitrogens with zero attached hydrogens (tertiary/aromatic N) is 2. The first kappa shape index (κ1) is 18.3. The standard InChI is InChI=1S/C21H22N2O5/c24-19(25)12-16-7-3-9-22(16)20(26)17-11-14-5-1-2-6-15(14)13-23(17)21(27)18-8-4-10-28-18/h1-2,4-6,8,10,16-17H,3,7,9,11-13H2,(H,24,25). The number of hydrogen-bond acceptors (Lipinski definition) is 4. The Kier molecular flexibility index (Phi) is 4.90. The molecule has 3 heterocycles. The number of fused-ring (bicyclic) bond motifs is 1. The number of carbonyl (C=O) groups excluding carboxylic acids is 2. The molecule has 1 N–H and O–H groups in total. The van der Waals surface area contributed by atoms with Crippen molar-refractivity contribution in [2.75, 3.05) is 6.54 Å². The number of amides is 2. The van der Waals surface area contributed by atoms with Crippen molar-refractivity contribution in [3.05, 3.63) is 59.5 Å². The molecule has 146 valence electrons. The average molecular weight is 382 g/mol. The van der Waals surface area contributed by atoms with Gasteiger partial charge in [0, 0.05) is 25.6 Å². The Morgan fingerprint density at radius 1 is 1.07 bits per heavy atom. The van der Waals surface area contributed by atoms with Crippen LogP contribution < -0.4 is 0 Å². The van der Waals surface area contributed by atoms with Crippen molar-refractivity contribution < 1.29 is 23.9 Å². The fourth-order valence-corrected chi connectivity index (χ4v) is 4.23. The second-order valence-corrected chi connectivity index (χ2v) is 7.32. The van der Waals surface area contributed by atoms with Crippen molar-refractivity contribution in [2.24, 2.45) is 0 Å². The largest absolute Gasteiger partial charge is 0.481 e. The Morgan fingerprint density at radius 2 is 1.86 bits per heavy atom. The molecule has 2 aliphatic heterocycles. The molecule has 1 aromatic heterocycles. The van der Waals surface area contributed by atoms with Crippen LogP contribution in [-0.4, -0.2) is 51.3 Å². The van der Waals surface area contributed by atoms with E-state index in [-0.39, 0.29) is 30.0 Å². The highest BCUT2D eigenvalue weighted by molar-refractivity contribution is 5.96. The topological polar surface area (TPSA) is 91.1 Å². The van der Waals surface area contributed by atoms with Gasteiger partial charge in [-0.1, -0.05) is 24.3 Å². The molecule has 2 amide bonds. The van der Waals surface area contributed by atoms with Gasteiger partial charge in [0.2, 0.25) is 5.91 Å². The summed E-state index contributed by atoms with van der Waals surface area (Å²) in [6.45, 7) is 0.848. The summed E-state index contributed by atoms with van der Waals surface area (Å²) in [4.78, 5) is 40.8. The highest BCUT2D eigenvalue weighted by Crippen LogP contribution is 2.29. The van der Waals surface area contributed by atoms with Gasteiger partial charge in [0.15, 0.2) is 5.76 Å². The lowest BCUT2D eigenvalue weighted by atomic mass is 9.92. The van der Waals surface area contributed by atoms with Crippen molar-refractivity contribution in [1.29, 1.82) is 0 Å². The van der Waals surface area contributed by atoms with Gasteiger partial charge in [-0.3, -0.25) is 14.4 Å². The Morgan fingerprint density at radius 3 is 2.57 bits per heavy atom. The van der Waals surface area contributed by atoms with Gasteiger partial charge in [-0.25, -0.2) is 0 Å². The summed E-state index contributed by atoms with van der Waals surface area (Å²) < 4.78 is 5.27. The first-order valence-corrected chi connectivity index (χ1v) is 9.48. The van der Waals surface area contributed by atoms with Crippen LogP contribution in [0.1, 0.15) is 40.9 Å². The number of likely N-dealkylation sites (tertiary alicyclic amines) is 1. The maximum Gasteiger partial charge on any atom is 0.305 e. The van der Waals surface area contributed by atoms with E-state index in [4.69, 9.17) is 9.52 Å². The Hall–Kier alpha value is -3.09. The van der Waals surface area contributed by atoms with E-state index in [1.54, 1.807) is 21.9 Å². The molecule has 2 unspecified atom stereocenters. The van der Waals surface area contributed by atoms with E-state index < -0.39 is 12.0 Å². The molecule has 2 aromatic rings. The summed E-state index contributed by atoms with van der Waals surface area (Å²) in [5.41, 5.74) is 2.05. The third-order valence-corrected chi connectivity index (χ3v) is 5.60. The number of benzene rings is 1. The number of carboxylic acids is 1. The maximum absolute atomic E-state index is 13.4. The molecule has 4 rings (SSSR count). The summed E-state index contributed by atoms with van der Waals surface area (Å²) in [6.07, 6.45) is 3.23. The Bertz CT molecular complexity index is 892. The van der Waals surface area contributed by atoms with Gasteiger partial charge in [-0.05, 0) is 36.1 Å². The highest BCUT2D eigenvalue weighted by atomic mass is 16.4. The minimum Gasteiger partial charge on any atom is -0.481 e. The van der Waals surface area contributed by atoms with Crippen LogP contribution in [0.5, 0.6) is 0 Å². The van der Waals surface area contributed by atoms with E-state index in [0.717, 1.165) is 17.5 Å². The molecule has 1 saturated heterocycles. The highest BCUT2D eigenvalue weighted by Gasteiger charge is 2.41. The SMILES string of the molecule is O=C(O)CC1CCCN1C(=O)C1Cc2ccccc2CN1C(=O)c1ccco1. The van der Waals surface area contributed by atoms with Gasteiger partial charge in [0.05, 0.1) is 12.7 Å². The second kappa shape index (κ2) is 7.50. The fraction of sp³-hybridized carbons (Fsp3) is 0.381. The van der Waals surface area contributed by atoms with Crippen LogP contribution in [0, 0.1) is 0 Å². The number of carbonyl (C=O) groups is 3. The minimum absolute atomic E-state index is 0.0683. The molecule has 1 fully saturated rings. The lowest BCUT2D eigenvalue weighted by molar-refractivity contribution is -0.141. The van der Waals surface area contributed by atoms with Crippen molar-refractivity contribution in [2.45, 2.75) is 44.3 Å². The van der Waals surface area contributed by atoms with Crippen LogP contribution >= 0.6 is 0 Å². The van der Waals surface area contributed by atoms with Crippen molar-refractivity contribution in [3.63, 3.8) is 0 Å². The number of rotatable bonds is 4. The molecule has 2 aliphatic rings. The predicted molar refractivity (Wildman–Crippen MR) is 99.5 cm³/mol. The van der Waals surface area contributed by atoms with Gasteiger partial charge in [0.25, 0.3) is 5.91 Å². The normalized spacial score (nSPS) is 21.4. The summed E-state index contributed by atoms with van der Waals surface area (Å²) >= 11 is 0. The Labute approximate surface area is 162 Å². The van der Waals surface area contributed by atoms with E-state index in [1.807, 2.05) is 24.3 Å². The third-order valence-electron chi connectivity index (χ3n) is 5.60. The number of hydrogen-bond donors (Lipinski definition) is 1. The van der Waals surface area contributed by atoms with E-state index in [9.17, 15) is 14.4 Å². The number of aliphatic carboxylic acids is 1. The zero-order chi connectivity index (χ0) is 19.7. The van der Waals surface area contributed by atoms with E-state index in [1.165, 1.54) is 6.26 Å². The first-order chi connectivity index (χ1) is 13.5. The molecule has 7 nitrogen and oxygen atoms in total. The molecule has 0 aliphatic carbocycles. The van der Waals surface area contributed by atoms with Crippen LogP contribution in [-0.2, 0) is 22.6 Å². The first-order valence-electron chi connectivity index (χ1n) is 9.48. The molecule has 2 atom stereocenters. The van der Waals surface area contributed by atoms with Gasteiger partial charge >= 0.3 is 5.97 Å². The van der Waals surface area contributed by atoms with Crippen molar-refractivity contribution in [1.82, 2.24) is 9.80 Å². The molecular formula is C21H22N2O5. The molecule has 0 saturated carbocycles. The molecule has 0 bridgehead atoms. The van der Waals surface area contributed by atoms with Crippen molar-refractivity contribution >= 4 is 17.8 Å². The summed E-state index contributed by atoms with van der Waals surface area (Å²) in [6, 6.07) is 10.0. The molecular weight excluding hydrogens is 360 g/mol. The third kappa shape index (κ3) is 3.40. The van der Waals surface area contributed by atoms with E-state index in [0.29, 0.717) is 25.9 Å². The van der Waals surface area contributed by atoms with Gasteiger partial charge in [0.1, 0.15) is 6.04 Å². The van der Waals surface area contributed by atoms with Crippen LogP contribution in [0.15, 0.2) is 47.1 Å². The van der Waals surface area contributed by atoms with Crippen LogP contribution in [0.4, 0.5) is 0 Å². The molecule has 1 aromatic carbocycles. The predicted octanol–water partition coefficient (Wildman–Crippen LogP) is 2.31. The summed E-state index contributed by atoms with van der Waals surface area (Å²) in [7, 11) is 0. The molecule has 28 heavy (non-hydrogen) atoms. The quantitative estimate of drug-likeness (QED) is 0.876. The minimum atomic E-state index is -0.915. The average Bonchev–Trinajstić information content (AvgIpc) is 3.37. The van der Waals surface area contributed by atoms with Gasteiger partial charge in [-0.15, -0.1) is 0 Å². The molecule has 0 spiro atoms. The van der Waals surface area contributed by atoms with Gasteiger partial charge in [-0.2, -0.15) is 0 Å². The maximum atomic E-state index is 13.4. The fourth-order valence-electron chi connectivity index (χ4n) is 4.23. The second-order valence-electron chi connectivity index (χ2n) is 7.32. The zero-order valence-corrected chi connectivity index (χ0v) is 15.4. The number of carboxylic acid groups (broad SMARTS) is 1.